The van der Waals surface area contributed by atoms with E-state index in [1.807, 2.05) is 0 Å². The van der Waals surface area contributed by atoms with Crippen molar-refractivity contribution in [3.05, 3.63) is 23.3 Å². The fourth-order valence-corrected chi connectivity index (χ4v) is 3.02. The highest BCUT2D eigenvalue weighted by Gasteiger charge is 2.22. The lowest BCUT2D eigenvalue weighted by Crippen LogP contribution is -2.28. The van der Waals surface area contributed by atoms with Crippen LogP contribution in [0, 0.1) is 5.92 Å². The second-order valence-corrected chi connectivity index (χ2v) is 7.02. The first-order valence-corrected chi connectivity index (χ1v) is 7.91. The molecule has 0 spiro atoms. The van der Waals surface area contributed by atoms with E-state index in [1.165, 1.54) is 24.0 Å². The highest BCUT2D eigenvalue weighted by molar-refractivity contribution is 5.51. The van der Waals surface area contributed by atoms with Crippen molar-refractivity contribution in [3.8, 4) is 11.5 Å². The first-order chi connectivity index (χ1) is 9.95. The van der Waals surface area contributed by atoms with Gasteiger partial charge in [-0.05, 0) is 60.9 Å². The Hall–Kier alpha value is -1.22. The van der Waals surface area contributed by atoms with Crippen molar-refractivity contribution in [3.63, 3.8) is 0 Å². The van der Waals surface area contributed by atoms with Crippen molar-refractivity contribution < 1.29 is 9.47 Å². The van der Waals surface area contributed by atoms with Gasteiger partial charge in [-0.2, -0.15) is 0 Å². The molecule has 118 valence electrons. The maximum Gasteiger partial charge on any atom is 0.163 e. The molecular formula is C18H29NO2. The van der Waals surface area contributed by atoms with Crippen LogP contribution < -0.4 is 14.8 Å². The molecule has 0 radical (unpaired) electrons. The number of nitrogens with one attached hydrogen (secondary N) is 1. The zero-order chi connectivity index (χ0) is 15.5. The standard InChI is InChI=1S/C18H29NO2/c1-18(2,3)15-11-14(10-13-6-8-19-9-7-13)17(21-5)16(12-15)20-4/h11-13,19H,6-10H2,1-5H3. The van der Waals surface area contributed by atoms with Gasteiger partial charge in [0, 0.05) is 0 Å². The van der Waals surface area contributed by atoms with E-state index in [0.29, 0.717) is 0 Å². The van der Waals surface area contributed by atoms with Gasteiger partial charge in [0.2, 0.25) is 0 Å². The summed E-state index contributed by atoms with van der Waals surface area (Å²) in [6.45, 7) is 8.97. The summed E-state index contributed by atoms with van der Waals surface area (Å²) in [4.78, 5) is 0. The van der Waals surface area contributed by atoms with Crippen molar-refractivity contribution in [2.45, 2.75) is 45.4 Å². The minimum Gasteiger partial charge on any atom is -0.493 e. The van der Waals surface area contributed by atoms with Crippen molar-refractivity contribution in [2.75, 3.05) is 27.3 Å². The summed E-state index contributed by atoms with van der Waals surface area (Å²) in [5.74, 6) is 2.50. The molecule has 1 saturated heterocycles. The average Bonchev–Trinajstić information content (AvgIpc) is 2.46. The maximum atomic E-state index is 5.64. The van der Waals surface area contributed by atoms with E-state index in [9.17, 15) is 0 Å². The Morgan fingerprint density at radius 1 is 1.10 bits per heavy atom. The molecule has 2 rings (SSSR count). The molecule has 0 amide bonds. The zero-order valence-corrected chi connectivity index (χ0v) is 14.1. The Kier molecular flexibility index (Phi) is 5.15. The molecule has 1 aromatic rings. The molecule has 0 bridgehead atoms. The number of hydrogen-bond acceptors (Lipinski definition) is 3. The van der Waals surface area contributed by atoms with Gasteiger partial charge in [-0.1, -0.05) is 26.8 Å². The molecular weight excluding hydrogens is 262 g/mol. The molecule has 0 saturated carbocycles. The van der Waals surface area contributed by atoms with Gasteiger partial charge in [0.25, 0.3) is 0 Å². The Morgan fingerprint density at radius 3 is 2.29 bits per heavy atom. The Labute approximate surface area is 129 Å². The molecule has 0 aromatic heterocycles. The van der Waals surface area contributed by atoms with Crippen molar-refractivity contribution in [1.29, 1.82) is 0 Å². The monoisotopic (exact) mass is 291 g/mol. The Balaban J connectivity index is 2.35. The van der Waals surface area contributed by atoms with Crippen LogP contribution in [0.1, 0.15) is 44.7 Å². The zero-order valence-electron chi connectivity index (χ0n) is 14.1. The molecule has 1 aliphatic heterocycles. The predicted molar refractivity (Wildman–Crippen MR) is 87.5 cm³/mol. The Bertz CT molecular complexity index is 471. The van der Waals surface area contributed by atoms with E-state index >= 15 is 0 Å². The molecule has 1 fully saturated rings. The first kappa shape index (κ1) is 16.2. The van der Waals surface area contributed by atoms with Crippen LogP contribution >= 0.6 is 0 Å². The van der Waals surface area contributed by atoms with Crippen LogP contribution in [0.4, 0.5) is 0 Å². The van der Waals surface area contributed by atoms with Crippen molar-refractivity contribution >= 4 is 0 Å². The number of hydrogen-bond donors (Lipinski definition) is 1. The van der Waals surface area contributed by atoms with Gasteiger partial charge in [-0.3, -0.25) is 0 Å². The topological polar surface area (TPSA) is 30.5 Å². The van der Waals surface area contributed by atoms with Crippen molar-refractivity contribution in [2.24, 2.45) is 5.92 Å². The summed E-state index contributed by atoms with van der Waals surface area (Å²) >= 11 is 0. The third-order valence-electron chi connectivity index (χ3n) is 4.39. The number of piperidine rings is 1. The minimum atomic E-state index is 0.114. The third-order valence-corrected chi connectivity index (χ3v) is 4.39. The lowest BCUT2D eigenvalue weighted by Gasteiger charge is -2.26. The number of benzene rings is 1. The second-order valence-electron chi connectivity index (χ2n) is 7.02. The molecule has 0 unspecified atom stereocenters. The summed E-state index contributed by atoms with van der Waals surface area (Å²) in [7, 11) is 3.46. The third kappa shape index (κ3) is 3.91. The van der Waals surface area contributed by atoms with Crippen LogP contribution in [0.15, 0.2) is 12.1 Å². The number of rotatable bonds is 4. The van der Waals surface area contributed by atoms with Crippen LogP contribution in [0.25, 0.3) is 0 Å². The van der Waals surface area contributed by atoms with Crippen LogP contribution in [0.2, 0.25) is 0 Å². The van der Waals surface area contributed by atoms with Crippen LogP contribution in [-0.2, 0) is 11.8 Å². The number of methoxy groups -OCH3 is 2. The van der Waals surface area contributed by atoms with Gasteiger partial charge in [0.05, 0.1) is 14.2 Å². The van der Waals surface area contributed by atoms with E-state index in [1.54, 1.807) is 14.2 Å². The van der Waals surface area contributed by atoms with E-state index in [-0.39, 0.29) is 5.41 Å². The van der Waals surface area contributed by atoms with E-state index in [4.69, 9.17) is 9.47 Å². The SMILES string of the molecule is COc1cc(C(C)(C)C)cc(CC2CCNCC2)c1OC. The van der Waals surface area contributed by atoms with Gasteiger partial charge < -0.3 is 14.8 Å². The molecule has 0 atom stereocenters. The fraction of sp³-hybridized carbons (Fsp3) is 0.667. The fourth-order valence-electron chi connectivity index (χ4n) is 3.02. The molecule has 1 aliphatic rings. The van der Waals surface area contributed by atoms with Gasteiger partial charge in [0.1, 0.15) is 0 Å². The van der Waals surface area contributed by atoms with E-state index < -0.39 is 0 Å². The normalized spacial score (nSPS) is 16.8. The molecule has 3 nitrogen and oxygen atoms in total. The van der Waals surface area contributed by atoms with Crippen LogP contribution in [-0.4, -0.2) is 27.3 Å². The summed E-state index contributed by atoms with van der Waals surface area (Å²) in [6, 6.07) is 4.42. The molecule has 1 aromatic carbocycles. The molecule has 21 heavy (non-hydrogen) atoms. The Morgan fingerprint density at radius 2 is 1.76 bits per heavy atom. The minimum absolute atomic E-state index is 0.114. The molecule has 3 heteroatoms. The first-order valence-electron chi connectivity index (χ1n) is 7.91. The second kappa shape index (κ2) is 6.69. The van der Waals surface area contributed by atoms with Gasteiger partial charge >= 0.3 is 0 Å². The summed E-state index contributed by atoms with van der Waals surface area (Å²) in [6.07, 6.45) is 3.56. The lowest BCUT2D eigenvalue weighted by molar-refractivity contribution is 0.338. The van der Waals surface area contributed by atoms with Gasteiger partial charge in [0.15, 0.2) is 11.5 Å². The highest BCUT2D eigenvalue weighted by atomic mass is 16.5. The smallest absolute Gasteiger partial charge is 0.163 e. The maximum absolute atomic E-state index is 5.64. The van der Waals surface area contributed by atoms with Crippen LogP contribution in [0.3, 0.4) is 0 Å². The molecule has 1 N–H and O–H groups in total. The quantitative estimate of drug-likeness (QED) is 0.920. The van der Waals surface area contributed by atoms with E-state index in [2.05, 4.69) is 38.2 Å². The summed E-state index contributed by atoms with van der Waals surface area (Å²) in [5, 5.41) is 3.43. The average molecular weight is 291 g/mol. The van der Waals surface area contributed by atoms with Gasteiger partial charge in [-0.15, -0.1) is 0 Å². The summed E-state index contributed by atoms with van der Waals surface area (Å²) in [5.41, 5.74) is 2.71. The largest absolute Gasteiger partial charge is 0.493 e. The van der Waals surface area contributed by atoms with Gasteiger partial charge in [-0.25, -0.2) is 0 Å². The van der Waals surface area contributed by atoms with Crippen LogP contribution in [0.5, 0.6) is 11.5 Å². The highest BCUT2D eigenvalue weighted by Crippen LogP contribution is 2.38. The number of ether oxygens (including phenoxy) is 2. The van der Waals surface area contributed by atoms with E-state index in [0.717, 1.165) is 36.9 Å². The molecule has 1 heterocycles. The van der Waals surface area contributed by atoms with Crippen molar-refractivity contribution in [1.82, 2.24) is 5.32 Å². The summed E-state index contributed by atoms with van der Waals surface area (Å²) < 4.78 is 11.2. The molecule has 0 aliphatic carbocycles. The lowest BCUT2D eigenvalue weighted by atomic mass is 9.83. The predicted octanol–water partition coefficient (Wildman–Crippen LogP) is 3.54.